The maximum absolute atomic E-state index is 13.3. The monoisotopic (exact) mass is 377 g/mol. The molecule has 11 heteroatoms. The van der Waals surface area contributed by atoms with Crippen molar-refractivity contribution in [2.24, 2.45) is 22.2 Å². The zero-order valence-electron chi connectivity index (χ0n) is 13.0. The standard InChI is InChI=1S/C13H17F6N3OS/c1-6-4-7(21-22-9(20)24)8(10(2,3)5-6)11(23,12(14,15)16)13(17,18)19/h4,8,23H,5H2,1-3H3,(H3,20,22,24)/b21-7+/t8-/m1/s1. The van der Waals surface area contributed by atoms with Crippen LogP contribution in [0.2, 0.25) is 0 Å². The molecule has 0 radical (unpaired) electrons. The molecule has 0 bridgehead atoms. The summed E-state index contributed by atoms with van der Waals surface area (Å²) in [7, 11) is 0. The van der Waals surface area contributed by atoms with Crippen LogP contribution in [-0.2, 0) is 0 Å². The summed E-state index contributed by atoms with van der Waals surface area (Å²) in [5, 5.41) is 12.8. The average molecular weight is 377 g/mol. The van der Waals surface area contributed by atoms with Crippen LogP contribution in [0, 0.1) is 11.3 Å². The van der Waals surface area contributed by atoms with Gasteiger partial charge in [0.05, 0.1) is 11.6 Å². The first-order valence-electron chi connectivity index (χ1n) is 6.70. The van der Waals surface area contributed by atoms with E-state index in [0.717, 1.165) is 6.08 Å². The van der Waals surface area contributed by atoms with E-state index in [-0.39, 0.29) is 6.42 Å². The van der Waals surface area contributed by atoms with Gasteiger partial charge in [-0.2, -0.15) is 31.4 Å². The number of allylic oxidation sites excluding steroid dienone is 2. The molecular formula is C13H17F6N3OS. The molecule has 0 aliphatic heterocycles. The number of rotatable bonds is 2. The number of nitrogens with two attached hydrogens (primary N) is 1. The molecule has 138 valence electrons. The van der Waals surface area contributed by atoms with E-state index in [1.165, 1.54) is 20.8 Å². The van der Waals surface area contributed by atoms with Gasteiger partial charge in [-0.05, 0) is 37.1 Å². The van der Waals surface area contributed by atoms with Crippen LogP contribution in [0.3, 0.4) is 0 Å². The van der Waals surface area contributed by atoms with Crippen LogP contribution in [0.4, 0.5) is 26.3 Å². The van der Waals surface area contributed by atoms with Crippen molar-refractivity contribution in [2.45, 2.75) is 45.1 Å². The van der Waals surface area contributed by atoms with Gasteiger partial charge in [0.2, 0.25) is 0 Å². The smallest absolute Gasteiger partial charge is 0.375 e. The van der Waals surface area contributed by atoms with Crippen LogP contribution in [0.25, 0.3) is 0 Å². The highest BCUT2D eigenvalue weighted by Crippen LogP contribution is 2.55. The fourth-order valence-corrected chi connectivity index (χ4v) is 3.14. The summed E-state index contributed by atoms with van der Waals surface area (Å²) in [4.78, 5) is 0. The number of alkyl halides is 6. The lowest BCUT2D eigenvalue weighted by Gasteiger charge is -2.48. The maximum atomic E-state index is 13.3. The highest BCUT2D eigenvalue weighted by Gasteiger charge is 2.76. The van der Waals surface area contributed by atoms with Crippen LogP contribution < -0.4 is 11.2 Å². The Balaban J connectivity index is 3.68. The summed E-state index contributed by atoms with van der Waals surface area (Å²) in [6.07, 6.45) is -11.0. The van der Waals surface area contributed by atoms with E-state index in [4.69, 9.17) is 5.73 Å². The first-order valence-corrected chi connectivity index (χ1v) is 7.11. The number of hydrazone groups is 1. The summed E-state index contributed by atoms with van der Waals surface area (Å²) < 4.78 is 79.7. The molecule has 0 fully saturated rings. The van der Waals surface area contributed by atoms with Crippen molar-refractivity contribution in [1.82, 2.24) is 5.43 Å². The van der Waals surface area contributed by atoms with Gasteiger partial charge < -0.3 is 10.8 Å². The van der Waals surface area contributed by atoms with Crippen molar-refractivity contribution in [3.05, 3.63) is 11.6 Å². The highest BCUT2D eigenvalue weighted by molar-refractivity contribution is 7.80. The molecule has 1 rings (SSSR count). The summed E-state index contributed by atoms with van der Waals surface area (Å²) in [5.74, 6) is -2.41. The van der Waals surface area contributed by atoms with Gasteiger partial charge in [0.25, 0.3) is 5.60 Å². The Kier molecular flexibility index (Phi) is 5.32. The van der Waals surface area contributed by atoms with Crippen molar-refractivity contribution in [1.29, 1.82) is 0 Å². The molecule has 0 saturated heterocycles. The van der Waals surface area contributed by atoms with Gasteiger partial charge in [-0.15, -0.1) is 0 Å². The molecule has 0 saturated carbocycles. The number of aliphatic hydroxyl groups is 1. The fourth-order valence-electron chi connectivity index (χ4n) is 3.09. The molecule has 1 aliphatic carbocycles. The van der Waals surface area contributed by atoms with Gasteiger partial charge in [-0.3, -0.25) is 5.43 Å². The summed E-state index contributed by atoms with van der Waals surface area (Å²) in [5.41, 5.74) is 0.421. The zero-order chi connectivity index (χ0) is 19.1. The number of halogens is 6. The van der Waals surface area contributed by atoms with E-state index in [2.05, 4.69) is 17.3 Å². The molecule has 4 N–H and O–H groups in total. The third-order valence-corrected chi connectivity index (χ3v) is 3.87. The van der Waals surface area contributed by atoms with Gasteiger partial charge in [0, 0.05) is 0 Å². The van der Waals surface area contributed by atoms with E-state index >= 15 is 0 Å². The molecule has 24 heavy (non-hydrogen) atoms. The quantitative estimate of drug-likeness (QED) is 0.393. The number of nitrogens with one attached hydrogen (secondary N) is 1. The van der Waals surface area contributed by atoms with Crippen LogP contribution in [0.15, 0.2) is 16.8 Å². The largest absolute Gasteiger partial charge is 0.426 e. The van der Waals surface area contributed by atoms with Crippen molar-refractivity contribution in [3.63, 3.8) is 0 Å². The summed E-state index contributed by atoms with van der Waals surface area (Å²) >= 11 is 4.46. The Morgan fingerprint density at radius 1 is 1.29 bits per heavy atom. The molecule has 0 heterocycles. The first kappa shape index (κ1) is 20.7. The van der Waals surface area contributed by atoms with E-state index in [9.17, 15) is 31.4 Å². The Bertz CT molecular complexity index is 565. The van der Waals surface area contributed by atoms with E-state index in [1.807, 2.05) is 5.43 Å². The second-order valence-corrected chi connectivity index (χ2v) is 6.80. The predicted molar refractivity (Wildman–Crippen MR) is 80.1 cm³/mol. The Labute approximate surface area is 139 Å². The number of nitrogens with zero attached hydrogens (tertiary/aromatic N) is 1. The van der Waals surface area contributed by atoms with Crippen LogP contribution in [0.5, 0.6) is 0 Å². The molecule has 1 atom stereocenters. The molecule has 0 aromatic carbocycles. The van der Waals surface area contributed by atoms with Crippen molar-refractivity contribution < 1.29 is 31.4 Å². The highest BCUT2D eigenvalue weighted by atomic mass is 32.1. The van der Waals surface area contributed by atoms with Crippen molar-refractivity contribution in [2.75, 3.05) is 0 Å². The number of thiocarbonyl (C=S) groups is 1. The SMILES string of the molecule is CC1=C/C(=N\NC(N)=S)[C@@H](C(O)(C(F)(F)F)C(F)(F)F)C(C)(C)C1. The Hall–Kier alpha value is -1.36. The second kappa shape index (κ2) is 6.17. The van der Waals surface area contributed by atoms with Crippen molar-refractivity contribution >= 4 is 23.0 Å². The summed E-state index contributed by atoms with van der Waals surface area (Å²) in [6.45, 7) is 3.94. The van der Waals surface area contributed by atoms with Crippen LogP contribution >= 0.6 is 12.2 Å². The van der Waals surface area contributed by atoms with Crippen LogP contribution in [-0.4, -0.2) is 33.9 Å². The zero-order valence-corrected chi connectivity index (χ0v) is 13.8. The minimum Gasteiger partial charge on any atom is -0.375 e. The molecule has 0 amide bonds. The molecule has 0 spiro atoms. The first-order chi connectivity index (χ1) is 10.5. The molecule has 1 aliphatic rings. The Morgan fingerprint density at radius 3 is 2.12 bits per heavy atom. The Morgan fingerprint density at radius 2 is 1.75 bits per heavy atom. The van der Waals surface area contributed by atoms with E-state index in [1.54, 1.807) is 0 Å². The van der Waals surface area contributed by atoms with E-state index in [0.29, 0.717) is 5.57 Å². The van der Waals surface area contributed by atoms with Gasteiger partial charge in [0.15, 0.2) is 5.11 Å². The predicted octanol–water partition coefficient (Wildman–Crippen LogP) is 3.02. The lowest BCUT2D eigenvalue weighted by atomic mass is 9.61. The molecular weight excluding hydrogens is 360 g/mol. The molecule has 4 nitrogen and oxygen atoms in total. The van der Waals surface area contributed by atoms with Gasteiger partial charge in [-0.1, -0.05) is 19.4 Å². The minimum absolute atomic E-state index is 0.0851. The van der Waals surface area contributed by atoms with Gasteiger partial charge in [-0.25, -0.2) is 0 Å². The number of hydrogen-bond donors (Lipinski definition) is 3. The topological polar surface area (TPSA) is 70.6 Å². The van der Waals surface area contributed by atoms with Crippen molar-refractivity contribution in [3.8, 4) is 0 Å². The lowest BCUT2D eigenvalue weighted by Crippen LogP contribution is -2.67. The van der Waals surface area contributed by atoms with Gasteiger partial charge in [0.1, 0.15) is 0 Å². The molecule has 0 unspecified atom stereocenters. The molecule has 0 aromatic heterocycles. The number of hydrogen-bond acceptors (Lipinski definition) is 3. The van der Waals surface area contributed by atoms with Crippen LogP contribution in [0.1, 0.15) is 27.2 Å². The van der Waals surface area contributed by atoms with E-state index < -0.39 is 40.1 Å². The fraction of sp³-hybridized carbons (Fsp3) is 0.692. The third-order valence-electron chi connectivity index (χ3n) is 3.78. The normalized spacial score (nSPS) is 23.8. The maximum Gasteiger partial charge on any atom is 0.426 e. The molecule has 0 aromatic rings. The average Bonchev–Trinajstić information content (AvgIpc) is 2.30. The minimum atomic E-state index is -5.96. The summed E-state index contributed by atoms with van der Waals surface area (Å²) in [6, 6.07) is 0. The third kappa shape index (κ3) is 3.66. The van der Waals surface area contributed by atoms with Gasteiger partial charge >= 0.3 is 12.4 Å². The lowest BCUT2D eigenvalue weighted by molar-refractivity contribution is -0.385. The second-order valence-electron chi connectivity index (χ2n) is 6.36.